The third-order valence-electron chi connectivity index (χ3n) is 2.53. The van der Waals surface area contributed by atoms with Gasteiger partial charge < -0.3 is 19.9 Å². The largest absolute Gasteiger partial charge is 0.493 e. The minimum atomic E-state index is -1.06. The van der Waals surface area contributed by atoms with Crippen molar-refractivity contribution < 1.29 is 24.2 Å². The number of ether oxygens (including phenoxy) is 2. The van der Waals surface area contributed by atoms with Crippen molar-refractivity contribution in [2.45, 2.75) is 12.8 Å². The number of aliphatic carboxylic acids is 1. The quantitative estimate of drug-likeness (QED) is 0.764. The molecule has 1 aromatic carbocycles. The van der Waals surface area contributed by atoms with Crippen molar-refractivity contribution in [3.05, 3.63) is 23.8 Å². The molecule has 0 atom stereocenters. The van der Waals surface area contributed by atoms with E-state index in [-0.39, 0.29) is 18.9 Å². The summed E-state index contributed by atoms with van der Waals surface area (Å²) < 4.78 is 10.3. The molecule has 0 fully saturated rings. The Labute approximate surface area is 111 Å². The molecule has 0 radical (unpaired) electrons. The van der Waals surface area contributed by atoms with E-state index in [4.69, 9.17) is 14.6 Å². The minimum absolute atomic E-state index is 0.225. The Morgan fingerprint density at radius 1 is 1.21 bits per heavy atom. The highest BCUT2D eigenvalue weighted by Crippen LogP contribution is 2.27. The topological polar surface area (TPSA) is 84.9 Å². The number of hydrogen-bond acceptors (Lipinski definition) is 4. The molecule has 1 rings (SSSR count). The van der Waals surface area contributed by atoms with Crippen LogP contribution < -0.4 is 14.8 Å². The van der Waals surface area contributed by atoms with E-state index in [0.29, 0.717) is 17.9 Å². The lowest BCUT2D eigenvalue weighted by atomic mass is 10.1. The summed E-state index contributed by atoms with van der Waals surface area (Å²) in [6.45, 7) is -0.356. The van der Waals surface area contributed by atoms with Gasteiger partial charge in [-0.15, -0.1) is 0 Å². The predicted octanol–water partition coefficient (Wildman–Crippen LogP) is 0.837. The standard InChI is InChI=1S/C13H17NO5/c1-18-10-5-3-9(7-11(10)19-2)4-6-12(15)14-8-13(16)17/h3,5,7H,4,6,8H2,1-2H3,(H,14,15)(H,16,17). The first-order valence-corrected chi connectivity index (χ1v) is 5.76. The van der Waals surface area contributed by atoms with Crippen molar-refractivity contribution in [1.82, 2.24) is 5.32 Å². The van der Waals surface area contributed by atoms with Crippen molar-refractivity contribution >= 4 is 11.9 Å². The fourth-order valence-electron chi connectivity index (χ4n) is 1.56. The third-order valence-corrected chi connectivity index (χ3v) is 2.53. The minimum Gasteiger partial charge on any atom is -0.493 e. The summed E-state index contributed by atoms with van der Waals surface area (Å²) >= 11 is 0. The SMILES string of the molecule is COc1ccc(CCC(=O)NCC(=O)O)cc1OC. The van der Waals surface area contributed by atoms with Crippen molar-refractivity contribution in [2.75, 3.05) is 20.8 Å². The van der Waals surface area contributed by atoms with Gasteiger partial charge in [-0.3, -0.25) is 9.59 Å². The molecule has 0 saturated carbocycles. The number of amides is 1. The number of carbonyl (C=O) groups excluding carboxylic acids is 1. The van der Waals surface area contributed by atoms with Crippen LogP contribution in [-0.4, -0.2) is 37.7 Å². The second-order valence-corrected chi connectivity index (χ2v) is 3.86. The fraction of sp³-hybridized carbons (Fsp3) is 0.385. The molecule has 0 aliphatic heterocycles. The van der Waals surface area contributed by atoms with E-state index in [1.165, 1.54) is 0 Å². The number of carboxylic acid groups (broad SMARTS) is 1. The van der Waals surface area contributed by atoms with Gasteiger partial charge in [0.2, 0.25) is 5.91 Å². The van der Waals surface area contributed by atoms with E-state index < -0.39 is 5.97 Å². The maximum atomic E-state index is 11.4. The van der Waals surface area contributed by atoms with Gasteiger partial charge in [0.25, 0.3) is 0 Å². The molecular weight excluding hydrogens is 250 g/mol. The predicted molar refractivity (Wildman–Crippen MR) is 68.5 cm³/mol. The molecule has 0 heterocycles. The third kappa shape index (κ3) is 4.87. The van der Waals surface area contributed by atoms with Crippen molar-refractivity contribution in [3.8, 4) is 11.5 Å². The molecule has 1 amide bonds. The van der Waals surface area contributed by atoms with Crippen LogP contribution in [0.5, 0.6) is 11.5 Å². The lowest BCUT2D eigenvalue weighted by molar-refractivity contribution is -0.137. The molecule has 6 nitrogen and oxygen atoms in total. The van der Waals surface area contributed by atoms with Gasteiger partial charge >= 0.3 is 5.97 Å². The molecule has 104 valence electrons. The molecule has 0 bridgehead atoms. The van der Waals surface area contributed by atoms with E-state index in [9.17, 15) is 9.59 Å². The second kappa shape index (κ2) is 7.25. The average molecular weight is 267 g/mol. The number of methoxy groups -OCH3 is 2. The van der Waals surface area contributed by atoms with Crippen LogP contribution in [0.25, 0.3) is 0 Å². The Morgan fingerprint density at radius 3 is 2.47 bits per heavy atom. The molecule has 0 aliphatic carbocycles. The van der Waals surface area contributed by atoms with Crippen LogP contribution in [0.4, 0.5) is 0 Å². The zero-order chi connectivity index (χ0) is 14.3. The molecule has 0 saturated heterocycles. The van der Waals surface area contributed by atoms with Gasteiger partial charge in [0.15, 0.2) is 11.5 Å². The molecule has 0 aromatic heterocycles. The van der Waals surface area contributed by atoms with Crippen LogP contribution in [0, 0.1) is 0 Å². The van der Waals surface area contributed by atoms with E-state index in [1.54, 1.807) is 26.4 Å². The van der Waals surface area contributed by atoms with Crippen molar-refractivity contribution in [2.24, 2.45) is 0 Å². The molecule has 19 heavy (non-hydrogen) atoms. The lowest BCUT2D eigenvalue weighted by Gasteiger charge is -2.09. The lowest BCUT2D eigenvalue weighted by Crippen LogP contribution is -2.29. The summed E-state index contributed by atoms with van der Waals surface area (Å²) in [7, 11) is 3.10. The van der Waals surface area contributed by atoms with E-state index >= 15 is 0 Å². The summed E-state index contributed by atoms with van der Waals surface area (Å²) in [6, 6.07) is 5.40. The normalized spacial score (nSPS) is 9.79. The first-order valence-electron chi connectivity index (χ1n) is 5.76. The molecule has 6 heteroatoms. The van der Waals surface area contributed by atoms with E-state index in [1.807, 2.05) is 6.07 Å². The number of benzene rings is 1. The van der Waals surface area contributed by atoms with Gasteiger partial charge in [0, 0.05) is 6.42 Å². The number of nitrogens with one attached hydrogen (secondary N) is 1. The first-order chi connectivity index (χ1) is 9.06. The first kappa shape index (κ1) is 14.8. The smallest absolute Gasteiger partial charge is 0.322 e. The van der Waals surface area contributed by atoms with Crippen LogP contribution in [0.3, 0.4) is 0 Å². The summed E-state index contributed by atoms with van der Waals surface area (Å²) in [4.78, 5) is 21.7. The summed E-state index contributed by atoms with van der Waals surface area (Å²) in [5.41, 5.74) is 0.920. The highest BCUT2D eigenvalue weighted by Gasteiger charge is 2.07. The summed E-state index contributed by atoms with van der Waals surface area (Å²) in [5, 5.41) is 10.7. The average Bonchev–Trinajstić information content (AvgIpc) is 2.42. The number of carboxylic acids is 1. The number of rotatable bonds is 7. The van der Waals surface area contributed by atoms with Crippen molar-refractivity contribution in [1.29, 1.82) is 0 Å². The number of hydrogen-bond donors (Lipinski definition) is 2. The highest BCUT2D eigenvalue weighted by molar-refractivity contribution is 5.81. The van der Waals surface area contributed by atoms with E-state index in [0.717, 1.165) is 5.56 Å². The van der Waals surface area contributed by atoms with Gasteiger partial charge in [-0.1, -0.05) is 6.07 Å². The maximum Gasteiger partial charge on any atom is 0.322 e. The highest BCUT2D eigenvalue weighted by atomic mass is 16.5. The Morgan fingerprint density at radius 2 is 1.89 bits per heavy atom. The summed E-state index contributed by atoms with van der Waals surface area (Å²) in [6.07, 6.45) is 0.731. The fourth-order valence-corrected chi connectivity index (χ4v) is 1.56. The van der Waals surface area contributed by atoms with Crippen LogP contribution in [-0.2, 0) is 16.0 Å². The number of carbonyl (C=O) groups is 2. The van der Waals surface area contributed by atoms with Crippen molar-refractivity contribution in [3.63, 3.8) is 0 Å². The maximum absolute atomic E-state index is 11.4. The Balaban J connectivity index is 2.53. The van der Waals surface area contributed by atoms with Crippen LogP contribution in [0.1, 0.15) is 12.0 Å². The monoisotopic (exact) mass is 267 g/mol. The van der Waals surface area contributed by atoms with E-state index in [2.05, 4.69) is 5.32 Å². The summed E-state index contributed by atoms with van der Waals surface area (Å²) in [5.74, 6) is -0.121. The Hall–Kier alpha value is -2.24. The van der Waals surface area contributed by atoms with Gasteiger partial charge in [-0.2, -0.15) is 0 Å². The molecule has 0 spiro atoms. The Bertz CT molecular complexity index is 458. The molecule has 1 aromatic rings. The molecule has 0 unspecified atom stereocenters. The second-order valence-electron chi connectivity index (χ2n) is 3.86. The van der Waals surface area contributed by atoms with Gasteiger partial charge in [-0.25, -0.2) is 0 Å². The number of aryl methyl sites for hydroxylation is 1. The molecular formula is C13H17NO5. The van der Waals surface area contributed by atoms with Gasteiger partial charge in [0.05, 0.1) is 14.2 Å². The zero-order valence-electron chi connectivity index (χ0n) is 10.9. The van der Waals surface area contributed by atoms with Crippen LogP contribution in [0.15, 0.2) is 18.2 Å². The van der Waals surface area contributed by atoms with Crippen LogP contribution >= 0.6 is 0 Å². The van der Waals surface area contributed by atoms with Crippen LogP contribution in [0.2, 0.25) is 0 Å². The Kier molecular flexibility index (Phi) is 5.66. The zero-order valence-corrected chi connectivity index (χ0v) is 10.9. The van der Waals surface area contributed by atoms with Gasteiger partial charge in [0.1, 0.15) is 6.54 Å². The van der Waals surface area contributed by atoms with Gasteiger partial charge in [-0.05, 0) is 24.1 Å². The molecule has 2 N–H and O–H groups in total. The molecule has 0 aliphatic rings.